The van der Waals surface area contributed by atoms with Gasteiger partial charge in [0, 0.05) is 31.7 Å². The van der Waals surface area contributed by atoms with Crippen molar-refractivity contribution in [3.05, 3.63) is 29.8 Å². The van der Waals surface area contributed by atoms with Gasteiger partial charge in [-0.2, -0.15) is 0 Å². The Kier molecular flexibility index (Phi) is 4.74. The third kappa shape index (κ3) is 4.15. The van der Waals surface area contributed by atoms with Gasteiger partial charge in [-0.3, -0.25) is 0 Å². The van der Waals surface area contributed by atoms with E-state index in [0.717, 1.165) is 11.3 Å². The summed E-state index contributed by atoms with van der Waals surface area (Å²) in [6.45, 7) is 8.55. The summed E-state index contributed by atoms with van der Waals surface area (Å²) in [5, 5.41) is 0. The lowest BCUT2D eigenvalue weighted by molar-refractivity contribution is 0.0186. The summed E-state index contributed by atoms with van der Waals surface area (Å²) >= 11 is 0. The Morgan fingerprint density at radius 3 is 2.52 bits per heavy atom. The van der Waals surface area contributed by atoms with Gasteiger partial charge in [-0.15, -0.1) is 0 Å². The van der Waals surface area contributed by atoms with Crippen LogP contribution in [-0.2, 0) is 4.74 Å². The standard InChI is InChI=1S/C18H26N4O3/c1-18(2,3)25-17(23)22-10-8-21(9-11-22)16(19)20-14-12-24-15-7-5-4-6-13(14)15/h4-7,14H,8-12H2,1-3H3,(H2,19,20). The molecule has 136 valence electrons. The summed E-state index contributed by atoms with van der Waals surface area (Å²) in [4.78, 5) is 20.5. The number of hydrogen-bond acceptors (Lipinski definition) is 4. The van der Waals surface area contributed by atoms with Crippen LogP contribution in [0.15, 0.2) is 29.3 Å². The first kappa shape index (κ1) is 17.4. The van der Waals surface area contributed by atoms with Gasteiger partial charge in [0.05, 0.1) is 0 Å². The van der Waals surface area contributed by atoms with Crippen LogP contribution in [0.2, 0.25) is 0 Å². The molecule has 3 rings (SSSR count). The van der Waals surface area contributed by atoms with Crippen LogP contribution in [0.5, 0.6) is 5.75 Å². The number of amides is 1. The number of hydrogen-bond donors (Lipinski definition) is 1. The molecule has 7 heteroatoms. The van der Waals surface area contributed by atoms with Crippen LogP contribution in [0.4, 0.5) is 4.79 Å². The molecule has 1 fully saturated rings. The van der Waals surface area contributed by atoms with Gasteiger partial charge in [-0.1, -0.05) is 18.2 Å². The second-order valence-electron chi connectivity index (χ2n) is 7.31. The first-order valence-electron chi connectivity index (χ1n) is 8.61. The molecule has 0 aliphatic carbocycles. The highest BCUT2D eigenvalue weighted by atomic mass is 16.6. The van der Waals surface area contributed by atoms with E-state index in [9.17, 15) is 4.79 Å². The Morgan fingerprint density at radius 2 is 1.84 bits per heavy atom. The Bertz CT molecular complexity index is 661. The van der Waals surface area contributed by atoms with Crippen molar-refractivity contribution in [3.63, 3.8) is 0 Å². The average Bonchev–Trinajstić information content (AvgIpc) is 2.96. The molecule has 7 nitrogen and oxygen atoms in total. The van der Waals surface area contributed by atoms with E-state index >= 15 is 0 Å². The van der Waals surface area contributed by atoms with Crippen molar-refractivity contribution in [2.24, 2.45) is 10.7 Å². The molecule has 2 aliphatic heterocycles. The van der Waals surface area contributed by atoms with Crippen LogP contribution in [0.3, 0.4) is 0 Å². The zero-order chi connectivity index (χ0) is 18.0. The summed E-state index contributed by atoms with van der Waals surface area (Å²) < 4.78 is 11.1. The van der Waals surface area contributed by atoms with Crippen molar-refractivity contribution in [3.8, 4) is 5.75 Å². The third-order valence-electron chi connectivity index (χ3n) is 4.22. The molecular formula is C18H26N4O3. The number of ether oxygens (including phenoxy) is 2. The summed E-state index contributed by atoms with van der Waals surface area (Å²) in [5.41, 5.74) is 6.78. The van der Waals surface area contributed by atoms with Crippen LogP contribution in [0, 0.1) is 0 Å². The zero-order valence-electron chi connectivity index (χ0n) is 15.1. The zero-order valence-corrected chi connectivity index (χ0v) is 15.1. The maximum Gasteiger partial charge on any atom is 0.410 e. The van der Waals surface area contributed by atoms with Crippen molar-refractivity contribution in [2.45, 2.75) is 32.4 Å². The van der Waals surface area contributed by atoms with Gasteiger partial charge >= 0.3 is 6.09 Å². The molecule has 0 spiro atoms. The van der Waals surface area contributed by atoms with E-state index in [1.807, 2.05) is 49.9 Å². The largest absolute Gasteiger partial charge is 0.491 e. The molecular weight excluding hydrogens is 320 g/mol. The Balaban J connectivity index is 1.57. The molecule has 2 N–H and O–H groups in total. The number of carbonyl (C=O) groups excluding carboxylic acids is 1. The predicted octanol–water partition coefficient (Wildman–Crippen LogP) is 1.99. The van der Waals surface area contributed by atoms with Gasteiger partial charge in [0.1, 0.15) is 24.0 Å². The van der Waals surface area contributed by atoms with Crippen LogP contribution >= 0.6 is 0 Å². The highest BCUT2D eigenvalue weighted by molar-refractivity contribution is 5.79. The van der Waals surface area contributed by atoms with E-state index in [0.29, 0.717) is 38.7 Å². The van der Waals surface area contributed by atoms with E-state index < -0.39 is 5.60 Å². The highest BCUT2D eigenvalue weighted by Gasteiger charge is 2.28. The average molecular weight is 346 g/mol. The normalized spacial score (nSPS) is 20.9. The lowest BCUT2D eigenvalue weighted by Crippen LogP contribution is -2.53. The van der Waals surface area contributed by atoms with Crippen LogP contribution in [0.25, 0.3) is 0 Å². The molecule has 0 radical (unpaired) electrons. The first-order chi connectivity index (χ1) is 11.8. The fourth-order valence-electron chi connectivity index (χ4n) is 2.94. The SMILES string of the molecule is CC(C)(C)OC(=O)N1CCN(C(N)=NC2COc3ccccc32)CC1. The summed E-state index contributed by atoms with van der Waals surface area (Å²) in [6, 6.07) is 7.82. The van der Waals surface area contributed by atoms with E-state index in [1.165, 1.54) is 0 Å². The maximum absolute atomic E-state index is 12.1. The smallest absolute Gasteiger partial charge is 0.410 e. The molecule has 1 aromatic carbocycles. The lowest BCUT2D eigenvalue weighted by Gasteiger charge is -2.36. The predicted molar refractivity (Wildman–Crippen MR) is 95.7 cm³/mol. The van der Waals surface area contributed by atoms with Gasteiger partial charge in [0.2, 0.25) is 0 Å². The number of carbonyl (C=O) groups is 1. The maximum atomic E-state index is 12.1. The van der Waals surface area contributed by atoms with Crippen molar-refractivity contribution in [1.82, 2.24) is 9.80 Å². The minimum atomic E-state index is -0.482. The molecule has 1 unspecified atom stereocenters. The molecule has 0 aromatic heterocycles. The van der Waals surface area contributed by atoms with E-state index in [2.05, 4.69) is 4.99 Å². The number of para-hydroxylation sites is 1. The minimum Gasteiger partial charge on any atom is -0.491 e. The molecule has 0 saturated carbocycles. The summed E-state index contributed by atoms with van der Waals surface area (Å²) in [7, 11) is 0. The quantitative estimate of drug-likeness (QED) is 0.621. The van der Waals surface area contributed by atoms with Crippen molar-refractivity contribution < 1.29 is 14.3 Å². The van der Waals surface area contributed by atoms with E-state index in [-0.39, 0.29) is 12.1 Å². The molecule has 1 saturated heterocycles. The fourth-order valence-corrected chi connectivity index (χ4v) is 2.94. The van der Waals surface area contributed by atoms with Crippen molar-refractivity contribution in [2.75, 3.05) is 32.8 Å². The number of fused-ring (bicyclic) bond motifs is 1. The van der Waals surface area contributed by atoms with Gasteiger partial charge in [-0.05, 0) is 26.8 Å². The number of piperazine rings is 1. The first-order valence-corrected chi connectivity index (χ1v) is 8.61. The molecule has 1 aromatic rings. The molecule has 1 atom stereocenters. The fraction of sp³-hybridized carbons (Fsp3) is 0.556. The van der Waals surface area contributed by atoms with Gasteiger partial charge in [0.25, 0.3) is 0 Å². The molecule has 0 bridgehead atoms. The number of nitrogens with two attached hydrogens (primary N) is 1. The van der Waals surface area contributed by atoms with E-state index in [1.54, 1.807) is 4.90 Å². The monoisotopic (exact) mass is 346 g/mol. The number of aliphatic imine (C=N–C) groups is 1. The lowest BCUT2D eigenvalue weighted by atomic mass is 10.1. The molecule has 2 heterocycles. The number of guanidine groups is 1. The summed E-state index contributed by atoms with van der Waals surface area (Å²) in [6.07, 6.45) is -0.277. The Labute approximate surface area is 148 Å². The van der Waals surface area contributed by atoms with Crippen LogP contribution in [-0.4, -0.2) is 60.2 Å². The molecule has 2 aliphatic rings. The highest BCUT2D eigenvalue weighted by Crippen LogP contribution is 2.34. The van der Waals surface area contributed by atoms with Gasteiger partial charge in [-0.25, -0.2) is 9.79 Å². The number of benzene rings is 1. The van der Waals surface area contributed by atoms with Crippen LogP contribution < -0.4 is 10.5 Å². The van der Waals surface area contributed by atoms with Crippen molar-refractivity contribution >= 4 is 12.1 Å². The van der Waals surface area contributed by atoms with Gasteiger partial charge < -0.3 is 25.0 Å². The minimum absolute atomic E-state index is 0.0694. The van der Waals surface area contributed by atoms with Crippen LogP contribution in [0.1, 0.15) is 32.4 Å². The number of nitrogens with zero attached hydrogens (tertiary/aromatic N) is 3. The van der Waals surface area contributed by atoms with E-state index in [4.69, 9.17) is 15.2 Å². The second kappa shape index (κ2) is 6.82. The topological polar surface area (TPSA) is 80.4 Å². The second-order valence-corrected chi connectivity index (χ2v) is 7.31. The molecule has 1 amide bonds. The third-order valence-corrected chi connectivity index (χ3v) is 4.22. The molecule has 25 heavy (non-hydrogen) atoms. The summed E-state index contributed by atoms with van der Waals surface area (Å²) in [5.74, 6) is 1.37. The van der Waals surface area contributed by atoms with Gasteiger partial charge in [0.15, 0.2) is 5.96 Å². The Morgan fingerprint density at radius 1 is 1.20 bits per heavy atom. The van der Waals surface area contributed by atoms with Crippen molar-refractivity contribution in [1.29, 1.82) is 0 Å². The number of rotatable bonds is 1. The Hall–Kier alpha value is -2.44.